The summed E-state index contributed by atoms with van der Waals surface area (Å²) in [6.45, 7) is 6.38. The van der Waals surface area contributed by atoms with Crippen molar-refractivity contribution in [1.29, 1.82) is 0 Å². The van der Waals surface area contributed by atoms with Gasteiger partial charge >= 0.3 is 18.0 Å². The third kappa shape index (κ3) is 7.61. The fourth-order valence-corrected chi connectivity index (χ4v) is 3.02. The zero-order valence-electron chi connectivity index (χ0n) is 19.8. The molecule has 2 N–H and O–H groups in total. The number of nitrogens with zero attached hydrogens (tertiary/aromatic N) is 2. The summed E-state index contributed by atoms with van der Waals surface area (Å²) < 4.78 is 16.5. The average molecular weight is 475 g/mol. The van der Waals surface area contributed by atoms with Gasteiger partial charge in [-0.3, -0.25) is 9.59 Å². The Kier molecular flexibility index (Phi) is 8.76. The maximum absolute atomic E-state index is 13.0. The molecule has 2 rings (SSSR count). The summed E-state index contributed by atoms with van der Waals surface area (Å²) in [5, 5.41) is 15.9. The van der Waals surface area contributed by atoms with Gasteiger partial charge in [0, 0.05) is 13.3 Å². The van der Waals surface area contributed by atoms with Crippen molar-refractivity contribution in [2.75, 3.05) is 13.7 Å². The molecular weight excluding hydrogens is 446 g/mol. The summed E-state index contributed by atoms with van der Waals surface area (Å²) in [6, 6.07) is 5.42. The molecule has 0 spiro atoms. The number of rotatable bonds is 9. The number of hydrogen-bond acceptors (Lipinski definition) is 8. The van der Waals surface area contributed by atoms with Gasteiger partial charge in [-0.05, 0) is 31.9 Å². The molecule has 0 aliphatic rings. The summed E-state index contributed by atoms with van der Waals surface area (Å²) >= 11 is 0. The molecule has 0 bridgehead atoms. The zero-order chi connectivity index (χ0) is 25.5. The largest absolute Gasteiger partial charge is 0.494 e. The average Bonchev–Trinajstić information content (AvgIpc) is 2.73. The molecule has 0 aliphatic heterocycles. The van der Waals surface area contributed by atoms with Crippen molar-refractivity contribution in [3.05, 3.63) is 46.4 Å². The molecule has 11 nitrogen and oxygen atoms in total. The lowest BCUT2D eigenvalue weighted by Crippen LogP contribution is -2.44. The summed E-state index contributed by atoms with van der Waals surface area (Å²) in [6.07, 6.45) is 0.575. The van der Waals surface area contributed by atoms with Gasteiger partial charge in [-0.25, -0.2) is 14.3 Å². The van der Waals surface area contributed by atoms with Crippen LogP contribution in [-0.2, 0) is 32.0 Å². The second-order valence-corrected chi connectivity index (χ2v) is 8.39. The summed E-state index contributed by atoms with van der Waals surface area (Å²) in [7, 11) is 1.41. The van der Waals surface area contributed by atoms with Crippen molar-refractivity contribution < 1.29 is 33.7 Å². The second kappa shape index (κ2) is 11.3. The molecule has 1 amide bonds. The van der Waals surface area contributed by atoms with Crippen molar-refractivity contribution in [3.63, 3.8) is 0 Å². The maximum atomic E-state index is 13.0. The van der Waals surface area contributed by atoms with Crippen LogP contribution in [0.5, 0.6) is 5.75 Å². The number of nitrogens with one attached hydrogen (secondary N) is 1. The number of carbonyl (C=O) groups is 3. The quantitative estimate of drug-likeness (QED) is 0.520. The smallest absolute Gasteiger partial charge is 0.408 e. The standard InChI is InChI=1S/C23H29N3O8/c1-14(27)33-11-10-26-20(28)19(18(32-5)13-24-26)16-8-6-15(7-9-16)12-17(21(29)30)25-22(31)34-23(2,3)4/h6-9,13,17H,10-12H2,1-5H3,(H,25,31)(H,29,30)/t17-/m0/s1. The number of carbonyl (C=O) groups excluding carboxylic acids is 2. The number of aromatic nitrogens is 2. The Morgan fingerprint density at radius 3 is 2.35 bits per heavy atom. The number of hydrogen-bond donors (Lipinski definition) is 2. The Morgan fingerprint density at radius 2 is 1.82 bits per heavy atom. The van der Waals surface area contributed by atoms with E-state index in [4.69, 9.17) is 14.2 Å². The van der Waals surface area contributed by atoms with E-state index in [0.29, 0.717) is 11.1 Å². The highest BCUT2D eigenvalue weighted by Gasteiger charge is 2.24. The van der Waals surface area contributed by atoms with Gasteiger partial charge in [-0.15, -0.1) is 0 Å². The van der Waals surface area contributed by atoms with Gasteiger partial charge < -0.3 is 24.6 Å². The number of ether oxygens (including phenoxy) is 3. The van der Waals surface area contributed by atoms with Gasteiger partial charge in [0.25, 0.3) is 5.56 Å². The fourth-order valence-electron chi connectivity index (χ4n) is 3.02. The molecule has 0 fully saturated rings. The van der Waals surface area contributed by atoms with Gasteiger partial charge in [0.2, 0.25) is 0 Å². The van der Waals surface area contributed by atoms with Gasteiger partial charge in [0.15, 0.2) is 5.75 Å². The lowest BCUT2D eigenvalue weighted by Gasteiger charge is -2.22. The van der Waals surface area contributed by atoms with Crippen molar-refractivity contribution >= 4 is 18.0 Å². The SMILES string of the molecule is COc1cnn(CCOC(C)=O)c(=O)c1-c1ccc(C[C@H](NC(=O)OC(C)(C)C)C(=O)O)cc1. The van der Waals surface area contributed by atoms with Crippen LogP contribution in [0, 0.1) is 0 Å². The van der Waals surface area contributed by atoms with E-state index < -0.39 is 35.2 Å². The molecule has 0 saturated heterocycles. The van der Waals surface area contributed by atoms with Crippen LogP contribution < -0.4 is 15.6 Å². The van der Waals surface area contributed by atoms with Crippen molar-refractivity contribution in [1.82, 2.24) is 15.1 Å². The van der Waals surface area contributed by atoms with Gasteiger partial charge in [0.1, 0.15) is 18.2 Å². The normalized spacial score (nSPS) is 11.9. The van der Waals surface area contributed by atoms with E-state index in [1.807, 2.05) is 0 Å². The molecule has 0 aliphatic carbocycles. The Labute approximate surface area is 196 Å². The number of aliphatic carboxylic acids is 1. The maximum Gasteiger partial charge on any atom is 0.408 e. The van der Waals surface area contributed by atoms with E-state index in [0.717, 1.165) is 0 Å². The molecule has 1 heterocycles. The van der Waals surface area contributed by atoms with E-state index >= 15 is 0 Å². The predicted molar refractivity (Wildman–Crippen MR) is 122 cm³/mol. The molecule has 0 saturated carbocycles. The van der Waals surface area contributed by atoms with Crippen LogP contribution in [0.2, 0.25) is 0 Å². The molecule has 2 aromatic rings. The first kappa shape index (κ1) is 26.4. The molecular formula is C23H29N3O8. The van der Waals surface area contributed by atoms with Gasteiger partial charge in [-0.1, -0.05) is 24.3 Å². The van der Waals surface area contributed by atoms with Crippen LogP contribution in [0.4, 0.5) is 4.79 Å². The number of methoxy groups -OCH3 is 1. The topological polar surface area (TPSA) is 146 Å². The van der Waals surface area contributed by atoms with Crippen LogP contribution in [0.1, 0.15) is 33.3 Å². The molecule has 1 aromatic carbocycles. The molecule has 11 heteroatoms. The minimum Gasteiger partial charge on any atom is -0.494 e. The van der Waals surface area contributed by atoms with E-state index in [-0.39, 0.29) is 30.9 Å². The van der Waals surface area contributed by atoms with Crippen LogP contribution in [0.15, 0.2) is 35.3 Å². The number of carboxylic acid groups (broad SMARTS) is 1. The van der Waals surface area contributed by atoms with Crippen LogP contribution in [0.25, 0.3) is 11.1 Å². The van der Waals surface area contributed by atoms with E-state index in [1.165, 1.54) is 24.9 Å². The Hall–Kier alpha value is -3.89. The Morgan fingerprint density at radius 1 is 1.18 bits per heavy atom. The monoisotopic (exact) mass is 475 g/mol. The van der Waals surface area contributed by atoms with Crippen LogP contribution >= 0.6 is 0 Å². The highest BCUT2D eigenvalue weighted by Crippen LogP contribution is 2.26. The van der Waals surface area contributed by atoms with Crippen molar-refractivity contribution in [3.8, 4) is 16.9 Å². The summed E-state index contributed by atoms with van der Waals surface area (Å²) in [5.41, 5.74) is 0.211. The van der Waals surface area contributed by atoms with Crippen molar-refractivity contribution in [2.24, 2.45) is 0 Å². The lowest BCUT2D eigenvalue weighted by atomic mass is 10.0. The molecule has 34 heavy (non-hydrogen) atoms. The van der Waals surface area contributed by atoms with Crippen LogP contribution in [0.3, 0.4) is 0 Å². The minimum absolute atomic E-state index is 0.00578. The zero-order valence-corrected chi connectivity index (χ0v) is 19.8. The lowest BCUT2D eigenvalue weighted by molar-refractivity contribution is -0.141. The highest BCUT2D eigenvalue weighted by molar-refractivity contribution is 5.80. The number of alkyl carbamates (subject to hydrolysis) is 1. The van der Waals surface area contributed by atoms with E-state index in [1.54, 1.807) is 45.0 Å². The number of amides is 1. The van der Waals surface area contributed by atoms with Gasteiger partial charge in [0.05, 0.1) is 25.4 Å². The molecule has 0 unspecified atom stereocenters. The summed E-state index contributed by atoms with van der Waals surface area (Å²) in [5.74, 6) is -1.41. The second-order valence-electron chi connectivity index (χ2n) is 8.39. The number of esters is 1. The highest BCUT2D eigenvalue weighted by atomic mass is 16.6. The first-order valence-electron chi connectivity index (χ1n) is 10.5. The predicted octanol–water partition coefficient (Wildman–Crippen LogP) is 2.00. The van der Waals surface area contributed by atoms with E-state index in [2.05, 4.69) is 10.4 Å². The van der Waals surface area contributed by atoms with Gasteiger partial charge in [-0.2, -0.15) is 5.10 Å². The first-order chi connectivity index (χ1) is 15.9. The first-order valence-corrected chi connectivity index (χ1v) is 10.5. The molecule has 184 valence electrons. The number of carboxylic acids is 1. The summed E-state index contributed by atoms with van der Waals surface area (Å²) in [4.78, 5) is 47.5. The minimum atomic E-state index is -1.21. The molecule has 0 radical (unpaired) electrons. The molecule has 1 aromatic heterocycles. The number of benzene rings is 1. The van der Waals surface area contributed by atoms with Crippen LogP contribution in [-0.4, -0.2) is 58.3 Å². The third-order valence-corrected chi connectivity index (χ3v) is 4.51. The molecule has 1 atom stereocenters. The Balaban J connectivity index is 2.23. The van der Waals surface area contributed by atoms with E-state index in [9.17, 15) is 24.3 Å². The third-order valence-electron chi connectivity index (χ3n) is 4.51. The fraction of sp³-hybridized carbons (Fsp3) is 0.435. The Bertz CT molecular complexity index is 1090. The van der Waals surface area contributed by atoms with Crippen molar-refractivity contribution in [2.45, 2.75) is 52.3 Å².